The second kappa shape index (κ2) is 5.25. The zero-order chi connectivity index (χ0) is 14.8. The van der Waals surface area contributed by atoms with Crippen LogP contribution in [-0.2, 0) is 0 Å². The van der Waals surface area contributed by atoms with Gasteiger partial charge < -0.3 is 10.4 Å². The molecule has 0 unspecified atom stereocenters. The van der Waals surface area contributed by atoms with Crippen LogP contribution in [0.25, 0.3) is 10.9 Å². The fourth-order valence-electron chi connectivity index (χ4n) is 2.23. The molecule has 0 bridgehead atoms. The van der Waals surface area contributed by atoms with Gasteiger partial charge in [-0.1, -0.05) is 18.2 Å². The summed E-state index contributed by atoms with van der Waals surface area (Å²) in [6.07, 6.45) is 1.77. The van der Waals surface area contributed by atoms with Crippen LogP contribution in [0.3, 0.4) is 0 Å². The van der Waals surface area contributed by atoms with E-state index >= 15 is 0 Å². The maximum absolute atomic E-state index is 10.9. The molecule has 2 aromatic carbocycles. The fourth-order valence-corrected chi connectivity index (χ4v) is 2.23. The van der Waals surface area contributed by atoms with E-state index in [0.29, 0.717) is 0 Å². The molecule has 21 heavy (non-hydrogen) atoms. The predicted molar refractivity (Wildman–Crippen MR) is 83.2 cm³/mol. The summed E-state index contributed by atoms with van der Waals surface area (Å²) in [5.74, 6) is -0.919. The topological polar surface area (TPSA) is 62.2 Å². The van der Waals surface area contributed by atoms with Crippen LogP contribution in [0, 0.1) is 6.92 Å². The van der Waals surface area contributed by atoms with E-state index in [9.17, 15) is 4.79 Å². The van der Waals surface area contributed by atoms with Crippen molar-refractivity contribution in [2.24, 2.45) is 0 Å². The van der Waals surface area contributed by atoms with E-state index in [0.717, 1.165) is 27.8 Å². The van der Waals surface area contributed by atoms with Gasteiger partial charge in [0.1, 0.15) is 0 Å². The Kier molecular flexibility index (Phi) is 3.28. The largest absolute Gasteiger partial charge is 0.478 e. The Bertz CT molecular complexity index is 828. The van der Waals surface area contributed by atoms with Crippen LogP contribution in [0.15, 0.2) is 54.7 Å². The van der Waals surface area contributed by atoms with Crippen molar-refractivity contribution in [2.75, 3.05) is 5.32 Å². The molecule has 1 aromatic heterocycles. The molecular formula is C17H14N2O2. The molecule has 4 nitrogen and oxygen atoms in total. The van der Waals surface area contributed by atoms with Crippen LogP contribution in [0.2, 0.25) is 0 Å². The van der Waals surface area contributed by atoms with Crippen molar-refractivity contribution in [3.8, 4) is 0 Å². The second-order valence-electron chi connectivity index (χ2n) is 4.88. The standard InChI is InChI=1S/C17H14N2O2/c1-11-8-13(17(20)21)6-7-15(11)19-14-9-12-4-2-3-5-16(12)18-10-14/h2-10,19H,1H3,(H,20,21). The van der Waals surface area contributed by atoms with E-state index < -0.39 is 5.97 Å². The Hall–Kier alpha value is -2.88. The molecule has 0 aliphatic rings. The highest BCUT2D eigenvalue weighted by atomic mass is 16.4. The Labute approximate surface area is 122 Å². The van der Waals surface area contributed by atoms with Gasteiger partial charge in [-0.2, -0.15) is 0 Å². The predicted octanol–water partition coefficient (Wildman–Crippen LogP) is 3.99. The van der Waals surface area contributed by atoms with Crippen LogP contribution >= 0.6 is 0 Å². The summed E-state index contributed by atoms with van der Waals surface area (Å²) in [4.78, 5) is 15.3. The van der Waals surface area contributed by atoms with Crippen LogP contribution < -0.4 is 5.32 Å². The summed E-state index contributed by atoms with van der Waals surface area (Å²) in [6, 6.07) is 14.9. The first-order valence-corrected chi connectivity index (χ1v) is 6.59. The summed E-state index contributed by atoms with van der Waals surface area (Å²) in [5, 5.41) is 13.3. The van der Waals surface area contributed by atoms with E-state index in [4.69, 9.17) is 5.11 Å². The number of anilines is 2. The maximum Gasteiger partial charge on any atom is 0.335 e. The number of aromatic nitrogens is 1. The minimum Gasteiger partial charge on any atom is -0.478 e. The summed E-state index contributed by atoms with van der Waals surface area (Å²) in [7, 11) is 0. The van der Waals surface area contributed by atoms with Gasteiger partial charge >= 0.3 is 5.97 Å². The number of para-hydroxylation sites is 1. The quantitative estimate of drug-likeness (QED) is 0.760. The van der Waals surface area contributed by atoms with Gasteiger partial charge in [0.05, 0.1) is 23.0 Å². The highest BCUT2D eigenvalue weighted by Gasteiger charge is 2.06. The van der Waals surface area contributed by atoms with Gasteiger partial charge in [-0.25, -0.2) is 4.79 Å². The lowest BCUT2D eigenvalue weighted by atomic mass is 10.1. The Morgan fingerprint density at radius 2 is 1.95 bits per heavy atom. The average Bonchev–Trinajstić information content (AvgIpc) is 2.49. The molecule has 0 saturated carbocycles. The Balaban J connectivity index is 1.93. The summed E-state index contributed by atoms with van der Waals surface area (Å²) in [6.45, 7) is 1.88. The number of hydrogen-bond acceptors (Lipinski definition) is 3. The Morgan fingerprint density at radius 3 is 2.71 bits per heavy atom. The minimum absolute atomic E-state index is 0.287. The van der Waals surface area contributed by atoms with Crippen LogP contribution in [0.4, 0.5) is 11.4 Å². The Morgan fingerprint density at radius 1 is 1.14 bits per heavy atom. The molecule has 1 heterocycles. The van der Waals surface area contributed by atoms with Gasteiger partial charge in [0.2, 0.25) is 0 Å². The smallest absolute Gasteiger partial charge is 0.335 e. The highest BCUT2D eigenvalue weighted by molar-refractivity contribution is 5.89. The molecule has 0 radical (unpaired) electrons. The summed E-state index contributed by atoms with van der Waals surface area (Å²) in [5.41, 5.74) is 3.86. The van der Waals surface area contributed by atoms with Crippen molar-refractivity contribution in [2.45, 2.75) is 6.92 Å². The lowest BCUT2D eigenvalue weighted by Gasteiger charge is -2.10. The molecule has 0 fully saturated rings. The normalized spacial score (nSPS) is 10.5. The molecule has 0 aliphatic heterocycles. The molecule has 0 aliphatic carbocycles. The fraction of sp³-hybridized carbons (Fsp3) is 0.0588. The summed E-state index contributed by atoms with van der Waals surface area (Å²) < 4.78 is 0. The molecule has 0 spiro atoms. The van der Waals surface area contributed by atoms with E-state index in [1.165, 1.54) is 0 Å². The van der Waals surface area contributed by atoms with Gasteiger partial charge in [-0.3, -0.25) is 4.98 Å². The third-order valence-corrected chi connectivity index (χ3v) is 3.34. The molecule has 4 heteroatoms. The van der Waals surface area contributed by atoms with Gasteiger partial charge in [0, 0.05) is 11.1 Å². The molecule has 3 aromatic rings. The van der Waals surface area contributed by atoms with Crippen LogP contribution in [0.5, 0.6) is 0 Å². The number of nitrogens with zero attached hydrogens (tertiary/aromatic N) is 1. The van der Waals surface area contributed by atoms with Crippen LogP contribution in [0.1, 0.15) is 15.9 Å². The van der Waals surface area contributed by atoms with E-state index in [2.05, 4.69) is 10.3 Å². The van der Waals surface area contributed by atoms with E-state index in [1.54, 1.807) is 24.4 Å². The third-order valence-electron chi connectivity index (χ3n) is 3.34. The molecular weight excluding hydrogens is 264 g/mol. The number of carbonyl (C=O) groups is 1. The van der Waals surface area contributed by atoms with E-state index in [1.807, 2.05) is 37.3 Å². The van der Waals surface area contributed by atoms with Crippen molar-refractivity contribution in [3.05, 3.63) is 65.9 Å². The lowest BCUT2D eigenvalue weighted by molar-refractivity contribution is 0.0697. The number of hydrogen-bond donors (Lipinski definition) is 2. The minimum atomic E-state index is -0.919. The van der Waals surface area contributed by atoms with Crippen molar-refractivity contribution in [1.29, 1.82) is 0 Å². The number of rotatable bonds is 3. The molecule has 104 valence electrons. The number of fused-ring (bicyclic) bond motifs is 1. The monoisotopic (exact) mass is 278 g/mol. The van der Waals surface area contributed by atoms with Gasteiger partial charge in [0.25, 0.3) is 0 Å². The number of carboxylic acids is 1. The zero-order valence-corrected chi connectivity index (χ0v) is 11.5. The van der Waals surface area contributed by atoms with Crippen LogP contribution in [-0.4, -0.2) is 16.1 Å². The van der Waals surface area contributed by atoms with Gasteiger partial charge in [-0.15, -0.1) is 0 Å². The first-order chi connectivity index (χ1) is 10.1. The van der Waals surface area contributed by atoms with Crippen molar-refractivity contribution in [1.82, 2.24) is 4.98 Å². The SMILES string of the molecule is Cc1cc(C(=O)O)ccc1Nc1cnc2ccccc2c1. The number of aryl methyl sites for hydroxylation is 1. The number of aromatic carboxylic acids is 1. The second-order valence-corrected chi connectivity index (χ2v) is 4.88. The third kappa shape index (κ3) is 2.69. The highest BCUT2D eigenvalue weighted by Crippen LogP contribution is 2.23. The van der Waals surface area contributed by atoms with Gasteiger partial charge in [0.15, 0.2) is 0 Å². The van der Waals surface area contributed by atoms with E-state index in [-0.39, 0.29) is 5.56 Å². The molecule has 2 N–H and O–H groups in total. The number of carboxylic acid groups (broad SMARTS) is 1. The number of benzene rings is 2. The van der Waals surface area contributed by atoms with Crippen molar-refractivity contribution in [3.63, 3.8) is 0 Å². The first kappa shape index (κ1) is 13.1. The molecule has 0 saturated heterocycles. The zero-order valence-electron chi connectivity index (χ0n) is 11.5. The maximum atomic E-state index is 10.9. The first-order valence-electron chi connectivity index (χ1n) is 6.59. The average molecular weight is 278 g/mol. The number of pyridine rings is 1. The van der Waals surface area contributed by atoms with Gasteiger partial charge in [-0.05, 0) is 42.8 Å². The van der Waals surface area contributed by atoms with Crippen molar-refractivity contribution >= 4 is 28.2 Å². The van der Waals surface area contributed by atoms with Crippen molar-refractivity contribution < 1.29 is 9.90 Å². The molecule has 0 atom stereocenters. The molecule has 0 amide bonds. The lowest BCUT2D eigenvalue weighted by Crippen LogP contribution is -1.99. The summed E-state index contributed by atoms with van der Waals surface area (Å²) >= 11 is 0. The number of nitrogens with one attached hydrogen (secondary N) is 1. The molecule has 3 rings (SSSR count).